The van der Waals surface area contributed by atoms with Crippen molar-refractivity contribution in [3.8, 4) is 0 Å². The maximum atomic E-state index is 9.04. The summed E-state index contributed by atoms with van der Waals surface area (Å²) in [5.74, 6) is 1.68. The van der Waals surface area contributed by atoms with Gasteiger partial charge in [0.25, 0.3) is 0 Å². The molecule has 0 aromatic heterocycles. The normalized spacial score (nSPS) is 31.6. The van der Waals surface area contributed by atoms with E-state index in [-0.39, 0.29) is 0 Å². The summed E-state index contributed by atoms with van der Waals surface area (Å²) in [5.41, 5.74) is 0. The summed E-state index contributed by atoms with van der Waals surface area (Å²) in [6.45, 7) is 1.57. The van der Waals surface area contributed by atoms with Crippen molar-refractivity contribution in [2.45, 2.75) is 44.6 Å². The van der Waals surface area contributed by atoms with Crippen molar-refractivity contribution < 1.29 is 5.11 Å². The zero-order valence-electron chi connectivity index (χ0n) is 8.34. The molecule has 1 aliphatic carbocycles. The molecule has 2 atom stereocenters. The lowest BCUT2D eigenvalue weighted by Crippen LogP contribution is -2.38. The topological polar surface area (TPSA) is 32.3 Å². The van der Waals surface area contributed by atoms with Crippen molar-refractivity contribution in [3.05, 3.63) is 0 Å². The Hall–Kier alpha value is -0.0800. The van der Waals surface area contributed by atoms with Crippen LogP contribution in [-0.2, 0) is 0 Å². The van der Waals surface area contributed by atoms with Crippen LogP contribution in [0.15, 0.2) is 0 Å². The fourth-order valence-corrected chi connectivity index (χ4v) is 2.86. The van der Waals surface area contributed by atoms with Crippen LogP contribution in [0.25, 0.3) is 0 Å². The Morgan fingerprint density at radius 2 is 2.08 bits per heavy atom. The highest BCUT2D eigenvalue weighted by Gasteiger charge is 2.33. The molecule has 0 radical (unpaired) electrons. The van der Waals surface area contributed by atoms with Gasteiger partial charge in [0.2, 0.25) is 0 Å². The molecule has 0 aromatic carbocycles. The second-order valence-electron chi connectivity index (χ2n) is 4.57. The molecule has 2 rings (SSSR count). The van der Waals surface area contributed by atoms with Crippen molar-refractivity contribution in [1.29, 1.82) is 0 Å². The van der Waals surface area contributed by atoms with E-state index in [1.165, 1.54) is 38.6 Å². The van der Waals surface area contributed by atoms with E-state index < -0.39 is 0 Å². The first-order chi connectivity index (χ1) is 6.42. The lowest BCUT2D eigenvalue weighted by Gasteiger charge is -2.37. The third-order valence-corrected chi connectivity index (χ3v) is 3.83. The maximum absolute atomic E-state index is 9.04. The van der Waals surface area contributed by atoms with Crippen molar-refractivity contribution in [2.24, 2.45) is 11.8 Å². The van der Waals surface area contributed by atoms with E-state index >= 15 is 0 Å². The minimum Gasteiger partial charge on any atom is -0.396 e. The summed E-state index contributed by atoms with van der Waals surface area (Å²) in [6.07, 6.45) is 7.91. The third kappa shape index (κ3) is 2.05. The summed E-state index contributed by atoms with van der Waals surface area (Å²) < 4.78 is 0. The van der Waals surface area contributed by atoms with Crippen LogP contribution in [-0.4, -0.2) is 24.3 Å². The molecule has 0 amide bonds. The standard InChI is InChI=1S/C11H21NO/c13-8-6-10(9-3-1-4-9)11-5-2-7-12-11/h9-13H,1-8H2. The van der Waals surface area contributed by atoms with Crippen LogP contribution in [0.4, 0.5) is 0 Å². The average Bonchev–Trinajstić information content (AvgIpc) is 2.51. The molecular weight excluding hydrogens is 162 g/mol. The fourth-order valence-electron chi connectivity index (χ4n) is 2.86. The number of aliphatic hydroxyl groups is 1. The summed E-state index contributed by atoms with van der Waals surface area (Å²) in [7, 11) is 0. The smallest absolute Gasteiger partial charge is 0.0434 e. The van der Waals surface area contributed by atoms with Crippen molar-refractivity contribution in [1.82, 2.24) is 5.32 Å². The van der Waals surface area contributed by atoms with Gasteiger partial charge in [0, 0.05) is 12.6 Å². The second-order valence-corrected chi connectivity index (χ2v) is 4.57. The molecule has 13 heavy (non-hydrogen) atoms. The number of rotatable bonds is 4. The first kappa shape index (κ1) is 9.47. The Labute approximate surface area is 80.7 Å². The van der Waals surface area contributed by atoms with Gasteiger partial charge in [-0.05, 0) is 37.6 Å². The van der Waals surface area contributed by atoms with E-state index in [2.05, 4.69) is 5.32 Å². The van der Waals surface area contributed by atoms with Gasteiger partial charge in [-0.3, -0.25) is 0 Å². The minimum absolute atomic E-state index is 0.374. The number of hydrogen-bond acceptors (Lipinski definition) is 2. The highest BCUT2D eigenvalue weighted by atomic mass is 16.3. The van der Waals surface area contributed by atoms with E-state index in [0.29, 0.717) is 6.61 Å². The Bertz CT molecular complexity index is 150. The molecule has 1 heterocycles. The Morgan fingerprint density at radius 3 is 2.54 bits per heavy atom. The van der Waals surface area contributed by atoms with Gasteiger partial charge in [0.15, 0.2) is 0 Å². The molecule has 0 bridgehead atoms. The van der Waals surface area contributed by atoms with E-state index in [4.69, 9.17) is 5.11 Å². The average molecular weight is 183 g/mol. The largest absolute Gasteiger partial charge is 0.396 e. The summed E-state index contributed by atoms with van der Waals surface area (Å²) >= 11 is 0. The Balaban J connectivity index is 1.86. The highest BCUT2D eigenvalue weighted by molar-refractivity contribution is 4.88. The Kier molecular flexibility index (Phi) is 3.23. The van der Waals surface area contributed by atoms with Gasteiger partial charge in [-0.15, -0.1) is 0 Å². The molecular formula is C11H21NO. The van der Waals surface area contributed by atoms with Crippen molar-refractivity contribution in [3.63, 3.8) is 0 Å². The molecule has 1 aliphatic heterocycles. The zero-order valence-corrected chi connectivity index (χ0v) is 8.34. The second kappa shape index (κ2) is 4.43. The van der Waals surface area contributed by atoms with Gasteiger partial charge in [-0.25, -0.2) is 0 Å². The third-order valence-electron chi connectivity index (χ3n) is 3.83. The molecule has 76 valence electrons. The van der Waals surface area contributed by atoms with Crippen LogP contribution in [0.5, 0.6) is 0 Å². The molecule has 2 aliphatic rings. The van der Waals surface area contributed by atoms with Crippen LogP contribution >= 0.6 is 0 Å². The van der Waals surface area contributed by atoms with E-state index in [0.717, 1.165) is 24.3 Å². The zero-order chi connectivity index (χ0) is 9.10. The number of nitrogens with one attached hydrogen (secondary N) is 1. The van der Waals surface area contributed by atoms with Crippen LogP contribution in [0.1, 0.15) is 38.5 Å². The lowest BCUT2D eigenvalue weighted by atomic mass is 9.71. The van der Waals surface area contributed by atoms with Crippen molar-refractivity contribution >= 4 is 0 Å². The monoisotopic (exact) mass is 183 g/mol. The van der Waals surface area contributed by atoms with Crippen molar-refractivity contribution in [2.75, 3.05) is 13.2 Å². The fraction of sp³-hybridized carbons (Fsp3) is 1.00. The minimum atomic E-state index is 0.374. The number of hydrogen-bond donors (Lipinski definition) is 2. The number of aliphatic hydroxyl groups excluding tert-OH is 1. The lowest BCUT2D eigenvalue weighted by molar-refractivity contribution is 0.131. The summed E-state index contributed by atoms with van der Waals surface area (Å²) in [4.78, 5) is 0. The predicted octanol–water partition coefficient (Wildman–Crippen LogP) is 1.54. The maximum Gasteiger partial charge on any atom is 0.0434 e. The molecule has 0 spiro atoms. The van der Waals surface area contributed by atoms with Crippen LogP contribution < -0.4 is 5.32 Å². The van der Waals surface area contributed by atoms with Gasteiger partial charge in [-0.1, -0.05) is 19.3 Å². The van der Waals surface area contributed by atoms with E-state index in [9.17, 15) is 0 Å². The van der Waals surface area contributed by atoms with Crippen LogP contribution in [0.3, 0.4) is 0 Å². The Morgan fingerprint density at radius 1 is 1.23 bits per heavy atom. The van der Waals surface area contributed by atoms with Gasteiger partial charge >= 0.3 is 0 Å². The molecule has 2 heteroatoms. The molecule has 1 saturated carbocycles. The van der Waals surface area contributed by atoms with Gasteiger partial charge in [0.05, 0.1) is 0 Å². The molecule has 2 nitrogen and oxygen atoms in total. The van der Waals surface area contributed by atoms with Gasteiger partial charge in [0.1, 0.15) is 0 Å². The van der Waals surface area contributed by atoms with E-state index in [1.807, 2.05) is 0 Å². The molecule has 1 saturated heterocycles. The van der Waals surface area contributed by atoms with E-state index in [1.54, 1.807) is 0 Å². The van der Waals surface area contributed by atoms with Crippen LogP contribution in [0.2, 0.25) is 0 Å². The quantitative estimate of drug-likeness (QED) is 0.693. The van der Waals surface area contributed by atoms with Crippen LogP contribution in [0, 0.1) is 11.8 Å². The highest BCUT2D eigenvalue weighted by Crippen LogP contribution is 2.38. The first-order valence-corrected chi connectivity index (χ1v) is 5.76. The predicted molar refractivity (Wildman–Crippen MR) is 53.6 cm³/mol. The summed E-state index contributed by atoms with van der Waals surface area (Å²) in [5, 5.41) is 12.6. The molecule has 2 unspecified atom stereocenters. The molecule has 2 N–H and O–H groups in total. The van der Waals surface area contributed by atoms with Gasteiger partial charge < -0.3 is 10.4 Å². The molecule has 0 aromatic rings. The molecule has 2 fully saturated rings. The van der Waals surface area contributed by atoms with Gasteiger partial charge in [-0.2, -0.15) is 0 Å². The summed E-state index contributed by atoms with van der Waals surface area (Å²) in [6, 6.07) is 0.720. The SMILES string of the molecule is OCCC(C1CCC1)C1CCCN1. The first-order valence-electron chi connectivity index (χ1n) is 5.76.